The standard InChI is InChI=1S/C7H15NO2/c1-5(2)4-7(3,8)6(9)10/h5H,4,8H2,1-3H3,(H,9,10)/t7-/m0/s1/i1-1/t5?,7-. The molecule has 0 fully saturated rings. The molecule has 3 nitrogen and oxygen atoms in total. The summed E-state index contributed by atoms with van der Waals surface area (Å²) < 4.78 is 0. The highest BCUT2D eigenvalue weighted by molar-refractivity contribution is 5.77. The normalized spacial score (nSPS) is 19.6. The molecule has 0 heterocycles. The highest BCUT2D eigenvalue weighted by atomic mass is 16.4. The molecule has 3 N–H and O–H groups in total. The number of hydrogen-bond donors (Lipinski definition) is 2. The summed E-state index contributed by atoms with van der Waals surface area (Å²) in [5, 5.41) is 8.57. The smallest absolute Gasteiger partial charge is 0.323 e. The third-order valence-electron chi connectivity index (χ3n) is 1.32. The minimum absolute atomic E-state index is 0.325. The highest BCUT2D eigenvalue weighted by Crippen LogP contribution is 2.12. The minimum Gasteiger partial charge on any atom is -0.480 e. The van der Waals surface area contributed by atoms with Gasteiger partial charge in [0.2, 0.25) is 0 Å². The van der Waals surface area contributed by atoms with Gasteiger partial charge in [-0.3, -0.25) is 4.79 Å². The maximum atomic E-state index is 10.4. The van der Waals surface area contributed by atoms with Crippen molar-refractivity contribution < 1.29 is 9.90 Å². The van der Waals surface area contributed by atoms with E-state index in [0.29, 0.717) is 12.3 Å². The number of nitrogens with two attached hydrogens (primary N) is 1. The fraction of sp³-hybridized carbons (Fsp3) is 0.857. The van der Waals surface area contributed by atoms with Crippen LogP contribution in [0.2, 0.25) is 0 Å². The van der Waals surface area contributed by atoms with Crippen molar-refractivity contribution in [3.8, 4) is 0 Å². The molecule has 10 heavy (non-hydrogen) atoms. The Bertz CT molecular complexity index is 130. The molecule has 2 atom stereocenters. The first kappa shape index (κ1) is 9.43. The van der Waals surface area contributed by atoms with Gasteiger partial charge in [-0.1, -0.05) is 13.8 Å². The van der Waals surface area contributed by atoms with Crippen molar-refractivity contribution in [3.63, 3.8) is 0 Å². The molecule has 0 aromatic carbocycles. The van der Waals surface area contributed by atoms with Crippen molar-refractivity contribution in [2.45, 2.75) is 32.7 Å². The fourth-order valence-corrected chi connectivity index (χ4v) is 0.935. The molecule has 0 saturated carbocycles. The Hall–Kier alpha value is -0.570. The molecule has 0 aromatic heterocycles. The zero-order valence-corrected chi connectivity index (χ0v) is 6.72. The van der Waals surface area contributed by atoms with Crippen LogP contribution in [0.4, 0.5) is 0 Å². The average Bonchev–Trinajstić information content (AvgIpc) is 1.60. The first-order valence-electron chi connectivity index (χ1n) is 3.38. The van der Waals surface area contributed by atoms with E-state index in [-0.39, 0.29) is 0 Å². The van der Waals surface area contributed by atoms with Crippen LogP contribution < -0.4 is 5.73 Å². The van der Waals surface area contributed by atoms with Gasteiger partial charge in [0.1, 0.15) is 5.54 Å². The highest BCUT2D eigenvalue weighted by Gasteiger charge is 2.28. The lowest BCUT2D eigenvalue weighted by molar-refractivity contribution is -0.143. The van der Waals surface area contributed by atoms with Crippen molar-refractivity contribution in [3.05, 3.63) is 0 Å². The van der Waals surface area contributed by atoms with Gasteiger partial charge >= 0.3 is 5.97 Å². The number of aliphatic carboxylic acids is 1. The molecule has 0 rings (SSSR count). The summed E-state index contributed by atoms with van der Waals surface area (Å²) in [7, 11) is 0. The minimum atomic E-state index is -1.06. The Morgan fingerprint density at radius 2 is 2.10 bits per heavy atom. The van der Waals surface area contributed by atoms with E-state index in [4.69, 9.17) is 10.8 Å². The Balaban J connectivity index is 4.00. The number of carbonyl (C=O) groups is 1. The van der Waals surface area contributed by atoms with Crippen LogP contribution in [0, 0.1) is 5.92 Å². The maximum absolute atomic E-state index is 10.4. The number of hydrogen-bond acceptors (Lipinski definition) is 2. The predicted molar refractivity (Wildman–Crippen MR) is 39.7 cm³/mol. The predicted octanol–water partition coefficient (Wildman–Crippen LogP) is 0.834. The van der Waals surface area contributed by atoms with Crippen LogP contribution >= 0.6 is 0 Å². The van der Waals surface area contributed by atoms with Crippen molar-refractivity contribution in [2.24, 2.45) is 11.7 Å². The second kappa shape index (κ2) is 3.01. The van der Waals surface area contributed by atoms with Crippen molar-refractivity contribution in [1.82, 2.24) is 0 Å². The summed E-state index contributed by atoms with van der Waals surface area (Å²) in [6.07, 6.45) is 0.516. The van der Waals surface area contributed by atoms with Gasteiger partial charge < -0.3 is 10.8 Å². The summed E-state index contributed by atoms with van der Waals surface area (Å²) in [5.74, 6) is -0.604. The number of carboxylic acid groups (broad SMARTS) is 1. The number of rotatable bonds is 3. The molecular formula is C7H15NO2. The van der Waals surface area contributed by atoms with Gasteiger partial charge in [0.25, 0.3) is 0 Å². The van der Waals surface area contributed by atoms with E-state index >= 15 is 0 Å². The fourth-order valence-electron chi connectivity index (χ4n) is 0.935. The zero-order valence-electron chi connectivity index (χ0n) is 6.72. The quantitative estimate of drug-likeness (QED) is 0.616. The second-order valence-electron chi connectivity index (χ2n) is 3.32. The number of carboxylic acids is 1. The van der Waals surface area contributed by atoms with Crippen molar-refractivity contribution in [1.29, 1.82) is 0 Å². The molecular weight excluding hydrogens is 129 g/mol. The van der Waals surface area contributed by atoms with Gasteiger partial charge in [-0.25, -0.2) is 0 Å². The first-order chi connectivity index (χ1) is 4.36. The Kier molecular flexibility index (Phi) is 2.84. The van der Waals surface area contributed by atoms with E-state index in [2.05, 4.69) is 0 Å². The molecule has 1 unspecified atom stereocenters. The molecule has 0 aliphatic carbocycles. The molecule has 0 aliphatic rings. The third-order valence-corrected chi connectivity index (χ3v) is 1.32. The van der Waals surface area contributed by atoms with Gasteiger partial charge in [0.05, 0.1) is 0 Å². The first-order valence-corrected chi connectivity index (χ1v) is 3.38. The monoisotopic (exact) mass is 144 g/mol. The molecule has 0 amide bonds. The summed E-state index contributed by atoms with van der Waals surface area (Å²) in [4.78, 5) is 10.4. The molecule has 0 spiro atoms. The summed E-state index contributed by atoms with van der Waals surface area (Å²) in [5.41, 5.74) is 4.40. The van der Waals surface area contributed by atoms with Crippen LogP contribution in [0.5, 0.6) is 0 Å². The van der Waals surface area contributed by atoms with Gasteiger partial charge in [0, 0.05) is 0 Å². The van der Waals surface area contributed by atoms with Crippen LogP contribution in [-0.4, -0.2) is 16.6 Å². The van der Waals surface area contributed by atoms with Gasteiger partial charge in [-0.05, 0) is 19.3 Å². The van der Waals surface area contributed by atoms with Gasteiger partial charge in [0.15, 0.2) is 0 Å². The van der Waals surface area contributed by atoms with Gasteiger partial charge in [-0.2, -0.15) is 0 Å². The Morgan fingerprint density at radius 1 is 1.70 bits per heavy atom. The topological polar surface area (TPSA) is 63.3 Å². The molecule has 3 heteroatoms. The van der Waals surface area contributed by atoms with Crippen LogP contribution in [0.3, 0.4) is 0 Å². The van der Waals surface area contributed by atoms with Gasteiger partial charge in [-0.15, -0.1) is 0 Å². The largest absolute Gasteiger partial charge is 0.480 e. The lowest BCUT2D eigenvalue weighted by Crippen LogP contribution is -2.45. The summed E-state index contributed by atoms with van der Waals surface area (Å²) in [6.45, 7) is 5.44. The second-order valence-corrected chi connectivity index (χ2v) is 3.32. The van der Waals surface area contributed by atoms with E-state index < -0.39 is 11.5 Å². The third kappa shape index (κ3) is 2.82. The molecule has 0 aromatic rings. The Morgan fingerprint density at radius 3 is 2.20 bits per heavy atom. The van der Waals surface area contributed by atoms with Crippen molar-refractivity contribution >= 4 is 5.97 Å². The van der Waals surface area contributed by atoms with Crippen molar-refractivity contribution in [2.75, 3.05) is 0 Å². The van der Waals surface area contributed by atoms with E-state index in [9.17, 15) is 4.79 Å². The van der Waals surface area contributed by atoms with E-state index in [1.54, 1.807) is 0 Å². The Labute approximate surface area is 61.2 Å². The van der Waals surface area contributed by atoms with Crippen LogP contribution in [0.15, 0.2) is 0 Å². The molecule has 0 radical (unpaired) electrons. The van der Waals surface area contributed by atoms with Crippen LogP contribution in [0.25, 0.3) is 0 Å². The van der Waals surface area contributed by atoms with Crippen LogP contribution in [0.1, 0.15) is 27.2 Å². The summed E-state index contributed by atoms with van der Waals surface area (Å²) >= 11 is 0. The molecule has 0 aliphatic heterocycles. The van der Waals surface area contributed by atoms with E-state index in [1.807, 2.05) is 13.8 Å². The lowest BCUT2D eigenvalue weighted by Gasteiger charge is -2.20. The van der Waals surface area contributed by atoms with Crippen LogP contribution in [-0.2, 0) is 4.79 Å². The van der Waals surface area contributed by atoms with E-state index in [0.717, 1.165) is 0 Å². The molecule has 0 bridgehead atoms. The van der Waals surface area contributed by atoms with E-state index in [1.165, 1.54) is 6.92 Å². The molecule has 60 valence electrons. The average molecular weight is 144 g/mol. The SMILES string of the molecule is CC([11CH3])C[C@](C)(N)C(=O)O. The lowest BCUT2D eigenvalue weighted by atomic mass is 9.83. The molecule has 0 saturated heterocycles. The maximum Gasteiger partial charge on any atom is 0.323 e. The zero-order chi connectivity index (χ0) is 8.36. The summed E-state index contributed by atoms with van der Waals surface area (Å²) in [6, 6.07) is 0.